The fourth-order valence-electron chi connectivity index (χ4n) is 1.47. The van der Waals surface area contributed by atoms with Gasteiger partial charge < -0.3 is 9.84 Å². The maximum Gasteiger partial charge on any atom is 0.335 e. The maximum atomic E-state index is 10.8. The summed E-state index contributed by atoms with van der Waals surface area (Å²) in [7, 11) is -0.711. The lowest BCUT2D eigenvalue weighted by atomic mass is 10.2. The summed E-state index contributed by atoms with van der Waals surface area (Å²) in [4.78, 5) is 10.6. The second kappa shape index (κ2) is 7.87. The minimum absolute atomic E-state index is 0.257. The zero-order chi connectivity index (χ0) is 13.4. The van der Waals surface area contributed by atoms with E-state index in [0.717, 1.165) is 25.0 Å². The van der Waals surface area contributed by atoms with E-state index < -0.39 is 16.8 Å². The summed E-state index contributed by atoms with van der Waals surface area (Å²) >= 11 is 0. The van der Waals surface area contributed by atoms with E-state index >= 15 is 0 Å². The number of carboxylic acid groups (broad SMARTS) is 1. The van der Waals surface area contributed by atoms with E-state index in [1.165, 1.54) is 12.1 Å². The van der Waals surface area contributed by atoms with Crippen LogP contribution in [0.15, 0.2) is 24.3 Å². The fraction of sp³-hybridized carbons (Fsp3) is 0.462. The highest BCUT2D eigenvalue weighted by atomic mass is 32.2. The third-order valence-corrected chi connectivity index (χ3v) is 3.31. The van der Waals surface area contributed by atoms with Crippen LogP contribution < -0.4 is 4.74 Å². The van der Waals surface area contributed by atoms with Crippen molar-refractivity contribution in [3.8, 4) is 5.75 Å². The van der Waals surface area contributed by atoms with Gasteiger partial charge in [-0.3, -0.25) is 4.21 Å². The Bertz CT molecular complexity index is 400. The van der Waals surface area contributed by atoms with Crippen molar-refractivity contribution in [1.82, 2.24) is 0 Å². The first-order valence-corrected chi connectivity index (χ1v) is 7.58. The van der Waals surface area contributed by atoms with E-state index in [1.807, 2.05) is 0 Å². The number of ether oxygens (including phenoxy) is 1. The molecule has 0 radical (unpaired) electrons. The summed E-state index contributed by atoms with van der Waals surface area (Å²) in [6.45, 7) is 0.600. The summed E-state index contributed by atoms with van der Waals surface area (Å²) in [5, 5.41) is 8.73. The topological polar surface area (TPSA) is 63.6 Å². The van der Waals surface area contributed by atoms with Crippen LogP contribution in [-0.4, -0.2) is 33.9 Å². The van der Waals surface area contributed by atoms with Crippen LogP contribution in [0.2, 0.25) is 0 Å². The van der Waals surface area contributed by atoms with Gasteiger partial charge >= 0.3 is 5.97 Å². The molecule has 0 amide bonds. The van der Waals surface area contributed by atoms with Gasteiger partial charge in [0.2, 0.25) is 0 Å². The molecule has 0 aliphatic heterocycles. The summed E-state index contributed by atoms with van der Waals surface area (Å²) < 4.78 is 16.3. The van der Waals surface area contributed by atoms with Crippen molar-refractivity contribution in [2.24, 2.45) is 0 Å². The van der Waals surface area contributed by atoms with Crippen LogP contribution in [0.3, 0.4) is 0 Å². The van der Waals surface area contributed by atoms with Crippen molar-refractivity contribution in [3.05, 3.63) is 29.8 Å². The van der Waals surface area contributed by atoms with Gasteiger partial charge in [-0.15, -0.1) is 0 Å². The van der Waals surface area contributed by atoms with Gasteiger partial charge in [-0.25, -0.2) is 4.79 Å². The van der Waals surface area contributed by atoms with Crippen LogP contribution in [0.1, 0.15) is 29.6 Å². The second-order valence-electron chi connectivity index (χ2n) is 4.02. The lowest BCUT2D eigenvalue weighted by Gasteiger charge is -2.06. The van der Waals surface area contributed by atoms with Crippen molar-refractivity contribution in [3.63, 3.8) is 0 Å². The smallest absolute Gasteiger partial charge is 0.335 e. The molecular weight excluding hydrogens is 252 g/mol. The molecule has 0 saturated heterocycles. The maximum absolute atomic E-state index is 10.8. The highest BCUT2D eigenvalue weighted by Crippen LogP contribution is 2.12. The SMILES string of the molecule is CS(=O)CCCCCOc1ccc(C(=O)O)cc1. The third-order valence-electron chi connectivity index (χ3n) is 2.45. The monoisotopic (exact) mass is 270 g/mol. The van der Waals surface area contributed by atoms with Gasteiger partial charge in [0.05, 0.1) is 12.2 Å². The molecule has 5 heteroatoms. The van der Waals surface area contributed by atoms with Gasteiger partial charge in [-0.1, -0.05) is 0 Å². The Hall–Kier alpha value is -1.36. The largest absolute Gasteiger partial charge is 0.494 e. The van der Waals surface area contributed by atoms with E-state index in [1.54, 1.807) is 18.4 Å². The summed E-state index contributed by atoms with van der Waals surface area (Å²) in [6, 6.07) is 6.37. The predicted molar refractivity (Wildman–Crippen MR) is 71.7 cm³/mol. The quantitative estimate of drug-likeness (QED) is 0.736. The van der Waals surface area contributed by atoms with E-state index in [2.05, 4.69) is 0 Å². The van der Waals surface area contributed by atoms with E-state index in [9.17, 15) is 9.00 Å². The van der Waals surface area contributed by atoms with Crippen molar-refractivity contribution in [1.29, 1.82) is 0 Å². The van der Waals surface area contributed by atoms with Crippen LogP contribution in [0.4, 0.5) is 0 Å². The fourth-order valence-corrected chi connectivity index (χ4v) is 2.08. The Morgan fingerprint density at radius 1 is 1.22 bits per heavy atom. The molecule has 1 atom stereocenters. The number of carbonyl (C=O) groups is 1. The molecule has 18 heavy (non-hydrogen) atoms. The Kier molecular flexibility index (Phi) is 6.43. The molecule has 4 nitrogen and oxygen atoms in total. The van der Waals surface area contributed by atoms with Gasteiger partial charge in [0.1, 0.15) is 5.75 Å². The van der Waals surface area contributed by atoms with Crippen LogP contribution in [0, 0.1) is 0 Å². The molecule has 0 spiro atoms. The predicted octanol–water partition coefficient (Wildman–Crippen LogP) is 2.31. The number of hydrogen-bond acceptors (Lipinski definition) is 3. The number of rotatable bonds is 8. The van der Waals surface area contributed by atoms with E-state index in [0.29, 0.717) is 12.4 Å². The van der Waals surface area contributed by atoms with E-state index in [4.69, 9.17) is 9.84 Å². The number of unbranched alkanes of at least 4 members (excludes halogenated alkanes) is 2. The molecule has 0 aliphatic rings. The van der Waals surface area contributed by atoms with Gasteiger partial charge in [0.25, 0.3) is 0 Å². The third kappa shape index (κ3) is 5.82. The molecule has 1 aromatic rings. The molecule has 0 bridgehead atoms. The average Bonchev–Trinajstić information content (AvgIpc) is 2.34. The van der Waals surface area contributed by atoms with E-state index in [-0.39, 0.29) is 5.56 Å². The Morgan fingerprint density at radius 3 is 2.44 bits per heavy atom. The molecule has 0 saturated carbocycles. The lowest BCUT2D eigenvalue weighted by Crippen LogP contribution is -2.00. The molecule has 1 aromatic carbocycles. The zero-order valence-corrected chi connectivity index (χ0v) is 11.2. The second-order valence-corrected chi connectivity index (χ2v) is 5.57. The molecule has 1 unspecified atom stereocenters. The average molecular weight is 270 g/mol. The molecule has 100 valence electrons. The first-order valence-electron chi connectivity index (χ1n) is 5.86. The van der Waals surface area contributed by atoms with Crippen LogP contribution >= 0.6 is 0 Å². The molecule has 0 aliphatic carbocycles. The van der Waals surface area contributed by atoms with Gasteiger partial charge in [0, 0.05) is 22.8 Å². The molecular formula is C13H18O4S. The van der Waals surface area contributed by atoms with Crippen molar-refractivity contribution < 1.29 is 18.8 Å². The first kappa shape index (κ1) is 14.7. The first-order chi connectivity index (χ1) is 8.59. The molecule has 1 rings (SSSR count). The number of benzene rings is 1. The Balaban J connectivity index is 2.19. The highest BCUT2D eigenvalue weighted by molar-refractivity contribution is 7.84. The Labute approximate surface area is 109 Å². The lowest BCUT2D eigenvalue weighted by molar-refractivity contribution is 0.0697. The molecule has 0 aromatic heterocycles. The normalized spacial score (nSPS) is 12.1. The van der Waals surface area contributed by atoms with Crippen molar-refractivity contribution in [2.75, 3.05) is 18.6 Å². The molecule has 0 fully saturated rings. The van der Waals surface area contributed by atoms with Crippen LogP contribution in [0.5, 0.6) is 5.75 Å². The summed E-state index contributed by atoms with van der Waals surface area (Å²) in [5.41, 5.74) is 0.257. The van der Waals surface area contributed by atoms with Gasteiger partial charge in [0.15, 0.2) is 0 Å². The zero-order valence-electron chi connectivity index (χ0n) is 10.4. The van der Waals surface area contributed by atoms with Gasteiger partial charge in [-0.05, 0) is 43.5 Å². The van der Waals surface area contributed by atoms with Crippen molar-refractivity contribution in [2.45, 2.75) is 19.3 Å². The van der Waals surface area contributed by atoms with Crippen molar-refractivity contribution >= 4 is 16.8 Å². The molecule has 1 N–H and O–H groups in total. The standard InChI is InChI=1S/C13H18O4S/c1-18(16)10-4-2-3-9-17-12-7-5-11(6-8-12)13(14)15/h5-8H,2-4,9-10H2,1H3,(H,14,15). The number of aromatic carboxylic acids is 1. The van der Waals surface area contributed by atoms with Gasteiger partial charge in [-0.2, -0.15) is 0 Å². The van der Waals surface area contributed by atoms with Crippen LogP contribution in [0.25, 0.3) is 0 Å². The van der Waals surface area contributed by atoms with Crippen LogP contribution in [-0.2, 0) is 10.8 Å². The minimum Gasteiger partial charge on any atom is -0.494 e. The summed E-state index contributed by atoms with van der Waals surface area (Å²) in [6.07, 6.45) is 4.57. The molecule has 0 heterocycles. The number of carboxylic acids is 1. The number of hydrogen-bond donors (Lipinski definition) is 1. The highest BCUT2D eigenvalue weighted by Gasteiger charge is 2.01. The summed E-state index contributed by atoms with van der Waals surface area (Å²) in [5.74, 6) is 0.487. The minimum atomic E-state index is -0.936. The Morgan fingerprint density at radius 2 is 1.89 bits per heavy atom.